The molecule has 3 aromatic heterocycles. The minimum atomic E-state index is 0.726. The number of hydrogen-bond donors (Lipinski definition) is 0. The summed E-state index contributed by atoms with van der Waals surface area (Å²) in [7, 11) is 2.09. The second kappa shape index (κ2) is 5.11. The van der Waals surface area contributed by atoms with Crippen LogP contribution in [-0.2, 0) is 7.05 Å². The molecule has 0 unspecified atom stereocenters. The van der Waals surface area contributed by atoms with E-state index in [0.29, 0.717) is 0 Å². The van der Waals surface area contributed by atoms with Crippen molar-refractivity contribution in [3.05, 3.63) is 72.8 Å². The van der Waals surface area contributed by atoms with Gasteiger partial charge in [0.2, 0.25) is 11.5 Å². The Balaban J connectivity index is 1.87. The lowest BCUT2D eigenvalue weighted by Gasteiger charge is -2.09. The van der Waals surface area contributed by atoms with Gasteiger partial charge in [0.05, 0.1) is 16.5 Å². The maximum Gasteiger partial charge on any atom is 0.234 e. The van der Waals surface area contributed by atoms with Crippen LogP contribution in [0, 0.1) is 6.92 Å². The highest BCUT2D eigenvalue weighted by Crippen LogP contribution is 2.30. The molecule has 4 heteroatoms. The molecule has 0 fully saturated rings. The number of benzene rings is 2. The topological polar surface area (TPSA) is 34.1 Å². The van der Waals surface area contributed by atoms with Gasteiger partial charge >= 0.3 is 0 Å². The Morgan fingerprint density at radius 2 is 1.92 bits per heavy atom. The molecule has 5 rings (SSSR count). The zero-order valence-electron chi connectivity index (χ0n) is 14.1. The quantitative estimate of drug-likeness (QED) is 0.439. The lowest BCUT2D eigenvalue weighted by molar-refractivity contribution is -0.659. The Morgan fingerprint density at radius 3 is 2.84 bits per heavy atom. The molecule has 0 aliphatic carbocycles. The number of rotatable bonds is 1. The molecule has 5 aromatic rings. The van der Waals surface area contributed by atoms with Gasteiger partial charge < -0.3 is 0 Å². The van der Waals surface area contributed by atoms with Crippen molar-refractivity contribution in [1.29, 1.82) is 0 Å². The average Bonchev–Trinajstić information content (AvgIpc) is 3.07. The summed E-state index contributed by atoms with van der Waals surface area (Å²) < 4.78 is 4.14. The summed E-state index contributed by atoms with van der Waals surface area (Å²) in [5.74, 6) is 0.726. The van der Waals surface area contributed by atoms with Gasteiger partial charge in [-0.2, -0.15) is 0 Å². The van der Waals surface area contributed by atoms with Gasteiger partial charge in [0, 0.05) is 30.0 Å². The summed E-state index contributed by atoms with van der Waals surface area (Å²) in [5.41, 5.74) is 4.62. The molecule has 2 aromatic carbocycles. The number of nitrogens with zero attached hydrogens (tertiary/aromatic N) is 4. The summed E-state index contributed by atoms with van der Waals surface area (Å²) >= 11 is 0. The Hall–Kier alpha value is -3.27. The Labute approximate surface area is 145 Å². The molecular formula is C21H17N4+. The fraction of sp³-hybridized carbons (Fsp3) is 0.0952. The molecule has 0 N–H and O–H groups in total. The van der Waals surface area contributed by atoms with Crippen molar-refractivity contribution >= 4 is 27.5 Å². The van der Waals surface area contributed by atoms with Crippen LogP contribution in [0.3, 0.4) is 0 Å². The van der Waals surface area contributed by atoms with Crippen molar-refractivity contribution in [2.24, 2.45) is 7.05 Å². The SMILES string of the molecule is Cc1cc2cn3ccnc3nc2cc1-c1c2ccccc2cc[n+]1C. The first-order chi connectivity index (χ1) is 12.2. The van der Waals surface area contributed by atoms with Crippen molar-refractivity contribution in [3.8, 4) is 11.3 Å². The van der Waals surface area contributed by atoms with E-state index in [-0.39, 0.29) is 0 Å². The van der Waals surface area contributed by atoms with Gasteiger partial charge in [0.25, 0.3) is 0 Å². The normalized spacial score (nSPS) is 11.6. The molecule has 25 heavy (non-hydrogen) atoms. The second-order valence-electron chi connectivity index (χ2n) is 6.46. The summed E-state index contributed by atoms with van der Waals surface area (Å²) in [6.07, 6.45) is 7.91. The van der Waals surface area contributed by atoms with E-state index in [4.69, 9.17) is 4.98 Å². The van der Waals surface area contributed by atoms with Crippen LogP contribution in [0.15, 0.2) is 67.3 Å². The second-order valence-corrected chi connectivity index (χ2v) is 6.46. The highest BCUT2D eigenvalue weighted by molar-refractivity contribution is 5.96. The Bertz CT molecular complexity index is 1270. The number of imidazole rings is 1. The fourth-order valence-electron chi connectivity index (χ4n) is 3.57. The van der Waals surface area contributed by atoms with E-state index in [9.17, 15) is 0 Å². The summed E-state index contributed by atoms with van der Waals surface area (Å²) in [6.45, 7) is 2.16. The van der Waals surface area contributed by atoms with E-state index < -0.39 is 0 Å². The van der Waals surface area contributed by atoms with Crippen LogP contribution in [-0.4, -0.2) is 14.4 Å². The average molecular weight is 325 g/mol. The molecule has 3 heterocycles. The zero-order chi connectivity index (χ0) is 17.0. The highest BCUT2D eigenvalue weighted by atomic mass is 15.1. The van der Waals surface area contributed by atoms with Gasteiger partial charge in [-0.3, -0.25) is 4.40 Å². The van der Waals surface area contributed by atoms with Crippen LogP contribution in [0.2, 0.25) is 0 Å². The molecule has 0 atom stereocenters. The maximum atomic E-state index is 4.72. The van der Waals surface area contributed by atoms with Crippen molar-refractivity contribution < 1.29 is 4.57 Å². The van der Waals surface area contributed by atoms with E-state index in [2.05, 4.69) is 78.4 Å². The third-order valence-corrected chi connectivity index (χ3v) is 4.82. The molecule has 120 valence electrons. The van der Waals surface area contributed by atoms with Gasteiger partial charge in [-0.05, 0) is 36.1 Å². The fourth-order valence-corrected chi connectivity index (χ4v) is 3.57. The van der Waals surface area contributed by atoms with Crippen molar-refractivity contribution in [1.82, 2.24) is 14.4 Å². The molecule has 0 radical (unpaired) electrons. The third-order valence-electron chi connectivity index (χ3n) is 4.82. The number of fused-ring (bicyclic) bond motifs is 3. The monoisotopic (exact) mass is 325 g/mol. The van der Waals surface area contributed by atoms with Crippen LogP contribution in [0.1, 0.15) is 5.56 Å². The molecule has 0 aliphatic heterocycles. The molecule has 0 aliphatic rings. The summed E-state index contributed by atoms with van der Waals surface area (Å²) in [6, 6.07) is 15.0. The van der Waals surface area contributed by atoms with Crippen molar-refractivity contribution in [2.45, 2.75) is 6.92 Å². The molecule has 0 amide bonds. The summed E-state index contributed by atoms with van der Waals surface area (Å²) in [4.78, 5) is 9.03. The minimum Gasteiger partial charge on any atom is -0.291 e. The van der Waals surface area contributed by atoms with Crippen LogP contribution >= 0.6 is 0 Å². The number of aromatic nitrogens is 4. The van der Waals surface area contributed by atoms with Gasteiger partial charge in [-0.15, -0.1) is 0 Å². The van der Waals surface area contributed by atoms with Gasteiger partial charge in [0.1, 0.15) is 7.05 Å². The van der Waals surface area contributed by atoms with E-state index in [1.807, 2.05) is 10.6 Å². The Morgan fingerprint density at radius 1 is 1.04 bits per heavy atom. The van der Waals surface area contributed by atoms with E-state index >= 15 is 0 Å². The number of pyridine rings is 1. The molecule has 0 bridgehead atoms. The molecule has 0 spiro atoms. The largest absolute Gasteiger partial charge is 0.291 e. The zero-order valence-corrected chi connectivity index (χ0v) is 14.1. The van der Waals surface area contributed by atoms with Crippen LogP contribution < -0.4 is 4.57 Å². The van der Waals surface area contributed by atoms with Gasteiger partial charge in [0.15, 0.2) is 6.20 Å². The van der Waals surface area contributed by atoms with Gasteiger partial charge in [-0.25, -0.2) is 14.5 Å². The third kappa shape index (κ3) is 2.11. The smallest absolute Gasteiger partial charge is 0.234 e. The standard InChI is InChI=1S/C21H17N4/c1-14-11-16-13-25-10-8-22-21(25)23-19(16)12-18(14)20-17-6-4-3-5-15(17)7-9-24(20)2/h3-13H,1-2H3/q+1. The Kier molecular flexibility index (Phi) is 2.88. The van der Waals surface area contributed by atoms with Crippen LogP contribution in [0.5, 0.6) is 0 Å². The molecule has 4 nitrogen and oxygen atoms in total. The van der Waals surface area contributed by atoms with E-state index in [0.717, 1.165) is 16.7 Å². The molecule has 0 saturated heterocycles. The number of hydrogen-bond acceptors (Lipinski definition) is 2. The van der Waals surface area contributed by atoms with Crippen LogP contribution in [0.4, 0.5) is 0 Å². The number of aryl methyl sites for hydroxylation is 2. The predicted molar refractivity (Wildman–Crippen MR) is 99.3 cm³/mol. The van der Waals surface area contributed by atoms with Crippen molar-refractivity contribution in [2.75, 3.05) is 0 Å². The first kappa shape index (κ1) is 14.1. The molecule has 0 saturated carbocycles. The minimum absolute atomic E-state index is 0.726. The van der Waals surface area contributed by atoms with E-state index in [1.165, 1.54) is 27.6 Å². The van der Waals surface area contributed by atoms with E-state index in [1.54, 1.807) is 6.20 Å². The lowest BCUT2D eigenvalue weighted by atomic mass is 9.98. The van der Waals surface area contributed by atoms with Gasteiger partial charge in [-0.1, -0.05) is 18.2 Å². The van der Waals surface area contributed by atoms with Crippen LogP contribution in [0.25, 0.3) is 38.7 Å². The highest BCUT2D eigenvalue weighted by Gasteiger charge is 2.18. The lowest BCUT2D eigenvalue weighted by Crippen LogP contribution is -2.30. The van der Waals surface area contributed by atoms with Crippen molar-refractivity contribution in [3.63, 3.8) is 0 Å². The first-order valence-corrected chi connectivity index (χ1v) is 8.32. The first-order valence-electron chi connectivity index (χ1n) is 8.32. The summed E-state index contributed by atoms with van der Waals surface area (Å²) in [5, 5.41) is 3.61. The molecular weight excluding hydrogens is 308 g/mol. The predicted octanol–water partition coefficient (Wildman–Crippen LogP) is 3.84. The maximum absolute atomic E-state index is 4.72.